The maximum absolute atomic E-state index is 13.2. The third kappa shape index (κ3) is 4.31. The first kappa shape index (κ1) is 19.5. The van der Waals surface area contributed by atoms with Crippen molar-refractivity contribution >= 4 is 22.6 Å². The highest BCUT2D eigenvalue weighted by Crippen LogP contribution is 2.41. The number of hydrazine groups is 1. The summed E-state index contributed by atoms with van der Waals surface area (Å²) in [5.74, 6) is 0.968. The summed E-state index contributed by atoms with van der Waals surface area (Å²) in [5, 5.41) is 9.96. The molecule has 2 aromatic heterocycles. The van der Waals surface area contributed by atoms with Crippen LogP contribution in [0.15, 0.2) is 29.5 Å². The number of halogens is 2. The van der Waals surface area contributed by atoms with Gasteiger partial charge in [0.15, 0.2) is 5.17 Å². The molecule has 3 heterocycles. The van der Waals surface area contributed by atoms with E-state index in [1.807, 2.05) is 0 Å². The smallest absolute Gasteiger partial charge is 0.280 e. The Bertz CT molecular complexity index is 989. The van der Waals surface area contributed by atoms with Gasteiger partial charge in [-0.15, -0.1) is 0 Å². The molecule has 10 heteroatoms. The molecule has 2 aliphatic rings. The van der Waals surface area contributed by atoms with E-state index in [2.05, 4.69) is 31.9 Å². The molecule has 1 unspecified atom stereocenters. The molecular formula is C19H18F2N6OS. The molecule has 1 aliphatic carbocycles. The van der Waals surface area contributed by atoms with Crippen LogP contribution in [0, 0.1) is 17.2 Å². The molecule has 1 saturated carbocycles. The molecule has 150 valence electrons. The van der Waals surface area contributed by atoms with E-state index in [0.717, 1.165) is 0 Å². The number of pyridine rings is 2. The van der Waals surface area contributed by atoms with Gasteiger partial charge >= 0.3 is 0 Å². The highest BCUT2D eigenvalue weighted by molar-refractivity contribution is 8.14. The molecule has 2 fully saturated rings. The minimum absolute atomic E-state index is 0.0945. The summed E-state index contributed by atoms with van der Waals surface area (Å²) < 4.78 is 31.8. The van der Waals surface area contributed by atoms with Gasteiger partial charge in [0.2, 0.25) is 0 Å². The number of rotatable bonds is 6. The number of hydrogen-bond acceptors (Lipinski definition) is 7. The highest BCUT2D eigenvalue weighted by atomic mass is 32.2. The Kier molecular flexibility index (Phi) is 5.60. The second-order valence-electron chi connectivity index (χ2n) is 6.70. The van der Waals surface area contributed by atoms with E-state index in [4.69, 9.17) is 10.00 Å². The van der Waals surface area contributed by atoms with Crippen LogP contribution in [0.5, 0.6) is 5.75 Å². The SMILES string of the molecule is COc1cnc(C(F)F)cc1-c1cc(CC#N)ncc1N=C1NNC(C2CC2)S1. The number of methoxy groups -OCH3 is 1. The topological polar surface area (TPSA) is 95.2 Å². The highest BCUT2D eigenvalue weighted by Gasteiger charge is 2.36. The van der Waals surface area contributed by atoms with Crippen LogP contribution in [-0.2, 0) is 6.42 Å². The Labute approximate surface area is 170 Å². The van der Waals surface area contributed by atoms with Gasteiger partial charge in [0, 0.05) is 11.1 Å². The predicted molar refractivity (Wildman–Crippen MR) is 106 cm³/mol. The fraction of sp³-hybridized carbons (Fsp3) is 0.368. The van der Waals surface area contributed by atoms with Crippen LogP contribution in [0.3, 0.4) is 0 Å². The van der Waals surface area contributed by atoms with Crippen LogP contribution in [-0.4, -0.2) is 27.6 Å². The van der Waals surface area contributed by atoms with Crippen LogP contribution < -0.4 is 15.6 Å². The summed E-state index contributed by atoms with van der Waals surface area (Å²) in [4.78, 5) is 12.7. The quantitative estimate of drug-likeness (QED) is 0.741. The number of nitriles is 1. The molecule has 2 N–H and O–H groups in total. The number of nitrogens with zero attached hydrogens (tertiary/aromatic N) is 4. The minimum Gasteiger partial charge on any atom is -0.494 e. The van der Waals surface area contributed by atoms with Crippen molar-refractivity contribution in [1.82, 2.24) is 20.8 Å². The van der Waals surface area contributed by atoms with Crippen molar-refractivity contribution in [3.05, 3.63) is 35.9 Å². The Balaban J connectivity index is 1.78. The molecule has 4 rings (SSSR count). The monoisotopic (exact) mass is 416 g/mol. The van der Waals surface area contributed by atoms with E-state index in [-0.39, 0.29) is 17.5 Å². The normalized spacial score (nSPS) is 20.0. The number of thioether (sulfide) groups is 1. The zero-order valence-electron chi connectivity index (χ0n) is 15.5. The zero-order chi connectivity index (χ0) is 20.4. The third-order valence-corrected chi connectivity index (χ3v) is 5.83. The fourth-order valence-electron chi connectivity index (χ4n) is 3.01. The Hall–Kier alpha value is -2.77. The summed E-state index contributed by atoms with van der Waals surface area (Å²) >= 11 is 1.60. The van der Waals surface area contributed by atoms with E-state index < -0.39 is 6.43 Å². The second kappa shape index (κ2) is 8.31. The molecule has 2 aromatic rings. The molecule has 29 heavy (non-hydrogen) atoms. The molecular weight excluding hydrogens is 398 g/mol. The summed E-state index contributed by atoms with van der Waals surface area (Å²) in [6.07, 6.45) is 2.58. The molecule has 0 bridgehead atoms. The fourth-order valence-corrected chi connectivity index (χ4v) is 4.11. The van der Waals surface area contributed by atoms with Crippen molar-refractivity contribution in [3.8, 4) is 22.9 Å². The van der Waals surface area contributed by atoms with Gasteiger partial charge in [-0.25, -0.2) is 19.2 Å². The molecule has 0 aromatic carbocycles. The molecule has 1 saturated heterocycles. The predicted octanol–water partition coefficient (Wildman–Crippen LogP) is 3.72. The van der Waals surface area contributed by atoms with Crippen molar-refractivity contribution in [1.29, 1.82) is 5.26 Å². The molecule has 0 amide bonds. The summed E-state index contributed by atoms with van der Waals surface area (Å²) in [6, 6.07) is 5.02. The molecule has 0 spiro atoms. The first-order chi connectivity index (χ1) is 14.1. The maximum Gasteiger partial charge on any atom is 0.280 e. The molecule has 0 radical (unpaired) electrons. The van der Waals surface area contributed by atoms with Gasteiger partial charge in [-0.2, -0.15) is 5.26 Å². The number of ether oxygens (including phenoxy) is 1. The Morgan fingerprint density at radius 3 is 2.83 bits per heavy atom. The van der Waals surface area contributed by atoms with Crippen molar-refractivity contribution in [2.24, 2.45) is 10.9 Å². The first-order valence-corrected chi connectivity index (χ1v) is 9.92. The van der Waals surface area contributed by atoms with E-state index in [1.54, 1.807) is 24.0 Å². The van der Waals surface area contributed by atoms with Crippen molar-refractivity contribution < 1.29 is 13.5 Å². The van der Waals surface area contributed by atoms with Crippen LogP contribution >= 0.6 is 11.8 Å². The van der Waals surface area contributed by atoms with E-state index in [1.165, 1.54) is 32.2 Å². The lowest BCUT2D eigenvalue weighted by Crippen LogP contribution is -2.32. The van der Waals surface area contributed by atoms with Crippen molar-refractivity contribution in [3.63, 3.8) is 0 Å². The summed E-state index contributed by atoms with van der Waals surface area (Å²) in [7, 11) is 1.45. The van der Waals surface area contributed by atoms with Crippen LogP contribution in [0.1, 0.15) is 30.7 Å². The zero-order valence-corrected chi connectivity index (χ0v) is 16.3. The number of alkyl halides is 2. The molecule has 1 aliphatic heterocycles. The van der Waals surface area contributed by atoms with Gasteiger partial charge in [-0.05, 0) is 30.9 Å². The number of hydrogen-bond donors (Lipinski definition) is 2. The minimum atomic E-state index is -2.72. The molecule has 1 atom stereocenters. The third-order valence-electron chi connectivity index (χ3n) is 4.65. The lowest BCUT2D eigenvalue weighted by molar-refractivity contribution is 0.146. The maximum atomic E-state index is 13.2. The summed E-state index contributed by atoms with van der Waals surface area (Å²) in [5.41, 5.74) is 7.91. The van der Waals surface area contributed by atoms with Crippen LogP contribution in [0.4, 0.5) is 14.5 Å². The lowest BCUT2D eigenvalue weighted by Gasteiger charge is -2.13. The average Bonchev–Trinajstić information content (AvgIpc) is 3.48. The molecule has 7 nitrogen and oxygen atoms in total. The van der Waals surface area contributed by atoms with Gasteiger partial charge in [-0.1, -0.05) is 11.8 Å². The Morgan fingerprint density at radius 1 is 1.31 bits per heavy atom. The van der Waals surface area contributed by atoms with Gasteiger partial charge in [0.05, 0.1) is 48.7 Å². The second-order valence-corrected chi connectivity index (χ2v) is 7.83. The van der Waals surface area contributed by atoms with Crippen molar-refractivity contribution in [2.45, 2.75) is 31.1 Å². The van der Waals surface area contributed by atoms with Gasteiger partial charge in [0.1, 0.15) is 11.4 Å². The lowest BCUT2D eigenvalue weighted by atomic mass is 10.0. The number of aromatic nitrogens is 2. The van der Waals surface area contributed by atoms with Crippen molar-refractivity contribution in [2.75, 3.05) is 7.11 Å². The van der Waals surface area contributed by atoms with Gasteiger partial charge in [0.25, 0.3) is 6.43 Å². The van der Waals surface area contributed by atoms with Crippen LogP contribution in [0.2, 0.25) is 0 Å². The van der Waals surface area contributed by atoms with E-state index in [0.29, 0.717) is 39.3 Å². The largest absolute Gasteiger partial charge is 0.494 e. The standard InChI is InChI=1S/C19H18F2N6OS/c1-28-16-9-24-14(17(20)21)7-13(16)12-6-11(4-5-22)23-8-15(12)25-19-27-26-18(29-19)10-2-3-10/h6-10,17-18,26H,2-4H2,1H3,(H,25,27). The average molecular weight is 416 g/mol. The van der Waals surface area contributed by atoms with Gasteiger partial charge < -0.3 is 4.74 Å². The van der Waals surface area contributed by atoms with Gasteiger partial charge in [-0.3, -0.25) is 15.4 Å². The van der Waals surface area contributed by atoms with E-state index in [9.17, 15) is 8.78 Å². The number of nitrogens with one attached hydrogen (secondary N) is 2. The number of amidine groups is 1. The summed E-state index contributed by atoms with van der Waals surface area (Å²) in [6.45, 7) is 0. The van der Waals surface area contributed by atoms with Crippen LogP contribution in [0.25, 0.3) is 11.1 Å². The number of aliphatic imine (C=N–C) groups is 1. The first-order valence-electron chi connectivity index (χ1n) is 9.04. The van der Waals surface area contributed by atoms with E-state index >= 15 is 0 Å². The Morgan fingerprint density at radius 2 is 2.14 bits per heavy atom.